The van der Waals surface area contributed by atoms with Gasteiger partial charge in [0.1, 0.15) is 0 Å². The minimum absolute atomic E-state index is 0. The zero-order chi connectivity index (χ0) is 19.7. The second-order valence-corrected chi connectivity index (χ2v) is 15.7. The Morgan fingerprint density at radius 3 is 1.33 bits per heavy atom. The molecule has 166 valence electrons. The molecule has 3 heteroatoms. The first kappa shape index (κ1) is 29.7. The Labute approximate surface area is 180 Å². The Bertz CT molecular complexity index is 289. The maximum atomic E-state index is 2.50. The van der Waals surface area contributed by atoms with E-state index in [-0.39, 0.29) is 12.4 Å². The summed E-state index contributed by atoms with van der Waals surface area (Å²) in [5.41, 5.74) is 0. The predicted octanol–water partition coefficient (Wildman–Crippen LogP) is 8.94. The van der Waals surface area contributed by atoms with Gasteiger partial charge in [-0.05, 0) is 26.9 Å². The Balaban J connectivity index is 0. The van der Waals surface area contributed by atoms with Crippen molar-refractivity contribution in [2.24, 2.45) is 0 Å². The van der Waals surface area contributed by atoms with Crippen molar-refractivity contribution in [1.82, 2.24) is 4.90 Å². The van der Waals surface area contributed by atoms with E-state index in [1.807, 2.05) is 0 Å². The molecule has 27 heavy (non-hydrogen) atoms. The van der Waals surface area contributed by atoms with Crippen LogP contribution in [0.25, 0.3) is 0 Å². The van der Waals surface area contributed by atoms with Gasteiger partial charge < -0.3 is 4.90 Å². The quantitative estimate of drug-likeness (QED) is 0.149. The van der Waals surface area contributed by atoms with Gasteiger partial charge >= 0.3 is 0 Å². The van der Waals surface area contributed by atoms with Crippen LogP contribution in [0.15, 0.2) is 0 Å². The van der Waals surface area contributed by atoms with E-state index in [9.17, 15) is 0 Å². The first-order valence-electron chi connectivity index (χ1n) is 12.0. The molecule has 0 spiro atoms. The van der Waals surface area contributed by atoms with Crippen molar-refractivity contribution in [3.8, 4) is 0 Å². The maximum absolute atomic E-state index is 2.50. The lowest BCUT2D eigenvalue weighted by Gasteiger charge is -2.26. The number of unbranched alkanes of at least 4 members (excludes halogenated alkanes) is 12. The first-order chi connectivity index (χ1) is 12.4. The van der Waals surface area contributed by atoms with E-state index >= 15 is 0 Å². The van der Waals surface area contributed by atoms with Gasteiger partial charge in [0.05, 0.1) is 0 Å². The number of hydrogen-bond donors (Lipinski definition) is 0. The van der Waals surface area contributed by atoms with E-state index < -0.39 is 8.07 Å². The first-order valence-corrected chi connectivity index (χ1v) is 15.7. The largest absolute Gasteiger partial charge is 0.306 e. The minimum Gasteiger partial charge on any atom is -0.306 e. The highest BCUT2D eigenvalue weighted by atomic mass is 35.5. The molecule has 0 aliphatic carbocycles. The summed E-state index contributed by atoms with van der Waals surface area (Å²) >= 11 is 0. The van der Waals surface area contributed by atoms with Gasteiger partial charge in [-0.25, -0.2) is 0 Å². The van der Waals surface area contributed by atoms with Crippen molar-refractivity contribution >= 4 is 20.5 Å². The average molecular weight is 420 g/mol. The van der Waals surface area contributed by atoms with Crippen LogP contribution in [0.3, 0.4) is 0 Å². The topological polar surface area (TPSA) is 3.24 Å². The van der Waals surface area contributed by atoms with Crippen molar-refractivity contribution in [3.63, 3.8) is 0 Å². The van der Waals surface area contributed by atoms with Gasteiger partial charge in [-0.2, -0.15) is 0 Å². The Hall–Kier alpha value is 0.467. The van der Waals surface area contributed by atoms with Crippen LogP contribution in [-0.4, -0.2) is 33.1 Å². The standard InChI is InChI=1S/C24H53NSi.ClH/c1-7-8-9-10-11-12-13-14-15-16-17-18-19-21-24(25(2)3)22-20-23-26(4,5)6;/h24H,7-23H2,1-6H3;1H. The molecule has 0 saturated heterocycles. The van der Waals surface area contributed by atoms with E-state index in [0.717, 1.165) is 6.04 Å². The SMILES string of the molecule is CCCCCCCCCCCCCCCC(CCC[Si](C)(C)C)N(C)C.Cl. The molecule has 0 heterocycles. The normalized spacial score (nSPS) is 13.0. The van der Waals surface area contributed by atoms with Crippen LogP contribution in [0.5, 0.6) is 0 Å². The highest BCUT2D eigenvalue weighted by molar-refractivity contribution is 6.76. The van der Waals surface area contributed by atoms with Crippen molar-refractivity contribution in [1.29, 1.82) is 0 Å². The molecule has 0 aromatic heterocycles. The van der Waals surface area contributed by atoms with Crippen LogP contribution in [-0.2, 0) is 0 Å². The summed E-state index contributed by atoms with van der Waals surface area (Å²) in [7, 11) is 3.71. The number of rotatable bonds is 19. The van der Waals surface area contributed by atoms with Crippen LogP contribution in [0.1, 0.15) is 110 Å². The fraction of sp³-hybridized carbons (Fsp3) is 1.00. The third-order valence-corrected chi connectivity index (χ3v) is 7.69. The number of nitrogens with zero attached hydrogens (tertiary/aromatic N) is 1. The Morgan fingerprint density at radius 1 is 0.593 bits per heavy atom. The zero-order valence-corrected chi connectivity index (χ0v) is 21.8. The minimum atomic E-state index is -0.849. The molecule has 0 aromatic rings. The third kappa shape index (κ3) is 22.6. The highest BCUT2D eigenvalue weighted by Crippen LogP contribution is 2.19. The highest BCUT2D eigenvalue weighted by Gasteiger charge is 2.15. The molecule has 1 nitrogen and oxygen atoms in total. The lowest BCUT2D eigenvalue weighted by molar-refractivity contribution is 0.255. The van der Waals surface area contributed by atoms with Gasteiger partial charge in [0.2, 0.25) is 0 Å². The lowest BCUT2D eigenvalue weighted by Crippen LogP contribution is -2.29. The van der Waals surface area contributed by atoms with Gasteiger partial charge in [0.15, 0.2) is 0 Å². The van der Waals surface area contributed by atoms with Crippen molar-refractivity contribution in [2.75, 3.05) is 14.1 Å². The molecule has 0 saturated carbocycles. The summed E-state index contributed by atoms with van der Waals surface area (Å²) in [5, 5.41) is 0. The average Bonchev–Trinajstić information content (AvgIpc) is 2.56. The molecule has 1 unspecified atom stereocenters. The molecule has 0 bridgehead atoms. The molecule has 0 aromatic carbocycles. The second-order valence-electron chi connectivity index (χ2n) is 10.1. The van der Waals surface area contributed by atoms with Gasteiger partial charge in [0.25, 0.3) is 0 Å². The third-order valence-electron chi connectivity index (χ3n) is 5.84. The van der Waals surface area contributed by atoms with Crippen molar-refractivity contribution < 1.29 is 0 Å². The van der Waals surface area contributed by atoms with Crippen molar-refractivity contribution in [3.05, 3.63) is 0 Å². The fourth-order valence-electron chi connectivity index (χ4n) is 3.93. The molecule has 0 aliphatic heterocycles. The molecule has 1 atom stereocenters. The summed E-state index contributed by atoms with van der Waals surface area (Å²) in [4.78, 5) is 2.48. The van der Waals surface area contributed by atoms with E-state index in [0.29, 0.717) is 0 Å². The van der Waals surface area contributed by atoms with E-state index in [4.69, 9.17) is 0 Å². The lowest BCUT2D eigenvalue weighted by atomic mass is 10.0. The summed E-state index contributed by atoms with van der Waals surface area (Å²) in [6.07, 6.45) is 23.2. The maximum Gasteiger partial charge on any atom is 0.0442 e. The Morgan fingerprint density at radius 2 is 0.963 bits per heavy atom. The van der Waals surface area contributed by atoms with Crippen LogP contribution < -0.4 is 0 Å². The molecular weight excluding hydrogens is 366 g/mol. The van der Waals surface area contributed by atoms with Gasteiger partial charge in [0, 0.05) is 14.1 Å². The summed E-state index contributed by atoms with van der Waals surface area (Å²) in [6, 6.07) is 2.31. The van der Waals surface area contributed by atoms with Crippen molar-refractivity contribution in [2.45, 2.75) is 141 Å². The monoisotopic (exact) mass is 419 g/mol. The van der Waals surface area contributed by atoms with Crippen LogP contribution >= 0.6 is 12.4 Å². The van der Waals surface area contributed by atoms with Crippen LogP contribution in [0, 0.1) is 0 Å². The molecular formula is C24H54ClNSi. The summed E-state index contributed by atoms with van der Waals surface area (Å²) < 4.78 is 0. The predicted molar refractivity (Wildman–Crippen MR) is 132 cm³/mol. The molecule has 0 fully saturated rings. The molecule has 0 amide bonds. The Kier molecular flexibility index (Phi) is 21.7. The zero-order valence-electron chi connectivity index (χ0n) is 20.0. The van der Waals surface area contributed by atoms with Gasteiger partial charge in [-0.1, -0.05) is 123 Å². The molecule has 0 radical (unpaired) electrons. The number of halogens is 1. The van der Waals surface area contributed by atoms with Crippen LogP contribution in [0.2, 0.25) is 25.7 Å². The smallest absolute Gasteiger partial charge is 0.0442 e. The van der Waals surface area contributed by atoms with Gasteiger partial charge in [-0.15, -0.1) is 12.4 Å². The van der Waals surface area contributed by atoms with Gasteiger partial charge in [-0.3, -0.25) is 0 Å². The van der Waals surface area contributed by atoms with Crippen LogP contribution in [0.4, 0.5) is 0 Å². The van der Waals surface area contributed by atoms with E-state index in [2.05, 4.69) is 45.6 Å². The second kappa shape index (κ2) is 19.8. The fourth-order valence-corrected chi connectivity index (χ4v) is 5.19. The van der Waals surface area contributed by atoms with E-state index in [1.54, 1.807) is 0 Å². The number of hydrogen-bond acceptors (Lipinski definition) is 1. The molecule has 0 aliphatic rings. The van der Waals surface area contributed by atoms with E-state index in [1.165, 1.54) is 109 Å². The molecule has 0 rings (SSSR count). The summed E-state index contributed by atoms with van der Waals surface area (Å²) in [6.45, 7) is 9.81. The molecule has 0 N–H and O–H groups in total. The summed E-state index contributed by atoms with van der Waals surface area (Å²) in [5.74, 6) is 0.